The molecular weight excluding hydrogens is 142 g/mol. The van der Waals surface area contributed by atoms with Gasteiger partial charge in [0.1, 0.15) is 6.07 Å². The van der Waals surface area contributed by atoms with E-state index in [0.29, 0.717) is 6.42 Å². The second kappa shape index (κ2) is 5.48. The standard InChI is InChI=1S/C8H11NO2/c1-3-4-5-8(10)11-7(2)6-9/h2-5H2,1H3. The van der Waals surface area contributed by atoms with Crippen LogP contribution in [0.3, 0.4) is 0 Å². The highest BCUT2D eigenvalue weighted by atomic mass is 16.5. The van der Waals surface area contributed by atoms with Gasteiger partial charge in [0.2, 0.25) is 0 Å². The van der Waals surface area contributed by atoms with Crippen molar-refractivity contribution < 1.29 is 9.53 Å². The summed E-state index contributed by atoms with van der Waals surface area (Å²) in [7, 11) is 0. The summed E-state index contributed by atoms with van der Waals surface area (Å²) >= 11 is 0. The van der Waals surface area contributed by atoms with E-state index in [0.717, 1.165) is 12.8 Å². The quantitative estimate of drug-likeness (QED) is 0.351. The van der Waals surface area contributed by atoms with Gasteiger partial charge in [0.05, 0.1) is 0 Å². The Bertz CT molecular complexity index is 191. The van der Waals surface area contributed by atoms with E-state index in [2.05, 4.69) is 11.3 Å². The van der Waals surface area contributed by atoms with Crippen molar-refractivity contribution in [2.75, 3.05) is 0 Å². The highest BCUT2D eigenvalue weighted by Gasteiger charge is 2.02. The predicted molar refractivity (Wildman–Crippen MR) is 40.4 cm³/mol. The molecule has 0 atom stereocenters. The summed E-state index contributed by atoms with van der Waals surface area (Å²) in [5.74, 6) is -0.510. The van der Waals surface area contributed by atoms with Crippen LogP contribution in [0.4, 0.5) is 0 Å². The van der Waals surface area contributed by atoms with E-state index in [-0.39, 0.29) is 11.7 Å². The van der Waals surface area contributed by atoms with Crippen molar-refractivity contribution in [2.45, 2.75) is 26.2 Å². The number of rotatable bonds is 4. The zero-order chi connectivity index (χ0) is 8.69. The maximum absolute atomic E-state index is 10.7. The van der Waals surface area contributed by atoms with Gasteiger partial charge in [-0.05, 0) is 13.0 Å². The molecule has 3 nitrogen and oxygen atoms in total. The molecule has 0 N–H and O–H groups in total. The minimum absolute atomic E-state index is 0.133. The number of hydrogen-bond donors (Lipinski definition) is 0. The Labute approximate surface area is 66.3 Å². The summed E-state index contributed by atoms with van der Waals surface area (Å²) in [5.41, 5.74) is 0. The second-order valence-electron chi connectivity index (χ2n) is 2.11. The van der Waals surface area contributed by atoms with E-state index in [1.807, 2.05) is 6.92 Å². The number of allylic oxidation sites excluding steroid dienone is 1. The molecule has 0 unspecified atom stereocenters. The summed E-state index contributed by atoms with van der Waals surface area (Å²) in [6, 6.07) is 1.63. The lowest BCUT2D eigenvalue weighted by molar-refractivity contribution is -0.138. The minimum atomic E-state index is -0.376. The first-order chi connectivity index (χ1) is 5.20. The van der Waals surface area contributed by atoms with Crippen molar-refractivity contribution in [3.63, 3.8) is 0 Å². The maximum atomic E-state index is 10.7. The van der Waals surface area contributed by atoms with E-state index in [9.17, 15) is 4.79 Å². The number of carbonyl (C=O) groups is 1. The van der Waals surface area contributed by atoms with Crippen molar-refractivity contribution in [1.82, 2.24) is 0 Å². The molecule has 0 fully saturated rings. The predicted octanol–water partition coefficient (Wildman–Crippen LogP) is 1.76. The van der Waals surface area contributed by atoms with Crippen LogP contribution in [0.5, 0.6) is 0 Å². The molecule has 0 rings (SSSR count). The Morgan fingerprint density at radius 2 is 2.36 bits per heavy atom. The topological polar surface area (TPSA) is 50.1 Å². The molecule has 0 amide bonds. The zero-order valence-corrected chi connectivity index (χ0v) is 6.59. The molecule has 0 aromatic heterocycles. The fourth-order valence-corrected chi connectivity index (χ4v) is 0.532. The monoisotopic (exact) mass is 153 g/mol. The third-order valence-electron chi connectivity index (χ3n) is 1.10. The molecule has 0 aromatic carbocycles. The molecule has 0 saturated carbocycles. The zero-order valence-electron chi connectivity index (χ0n) is 6.59. The summed E-state index contributed by atoms with van der Waals surface area (Å²) in [6.07, 6.45) is 2.09. The molecule has 0 aliphatic carbocycles. The Kier molecular flexibility index (Phi) is 4.83. The van der Waals surface area contributed by atoms with Gasteiger partial charge in [0.25, 0.3) is 0 Å². The van der Waals surface area contributed by atoms with Crippen LogP contribution in [0.1, 0.15) is 26.2 Å². The number of esters is 1. The van der Waals surface area contributed by atoms with E-state index in [4.69, 9.17) is 5.26 Å². The molecule has 0 aromatic rings. The summed E-state index contributed by atoms with van der Waals surface area (Å²) in [4.78, 5) is 10.7. The number of unbranched alkanes of at least 4 members (excludes halogenated alkanes) is 1. The lowest BCUT2D eigenvalue weighted by atomic mass is 10.2. The minimum Gasteiger partial charge on any atom is -0.416 e. The van der Waals surface area contributed by atoms with E-state index >= 15 is 0 Å². The van der Waals surface area contributed by atoms with Crippen molar-refractivity contribution in [2.24, 2.45) is 0 Å². The first-order valence-electron chi connectivity index (χ1n) is 3.50. The van der Waals surface area contributed by atoms with Gasteiger partial charge in [-0.2, -0.15) is 5.26 Å². The Hall–Kier alpha value is -1.30. The number of hydrogen-bond acceptors (Lipinski definition) is 3. The Morgan fingerprint density at radius 3 is 2.82 bits per heavy atom. The summed E-state index contributed by atoms with van der Waals surface area (Å²) in [5, 5.41) is 8.18. The second-order valence-corrected chi connectivity index (χ2v) is 2.11. The van der Waals surface area contributed by atoms with E-state index in [1.165, 1.54) is 0 Å². The highest BCUT2D eigenvalue weighted by molar-refractivity contribution is 5.70. The first-order valence-corrected chi connectivity index (χ1v) is 3.50. The SMILES string of the molecule is C=C(C#N)OC(=O)CCCC. The van der Waals surface area contributed by atoms with Crippen LogP contribution in [-0.2, 0) is 9.53 Å². The van der Waals surface area contributed by atoms with Gasteiger partial charge in [0, 0.05) is 6.42 Å². The lowest BCUT2D eigenvalue weighted by Gasteiger charge is -1.98. The van der Waals surface area contributed by atoms with Crippen molar-refractivity contribution in [3.05, 3.63) is 12.3 Å². The van der Waals surface area contributed by atoms with Crippen LogP contribution in [0.2, 0.25) is 0 Å². The molecule has 0 aliphatic rings. The number of carbonyl (C=O) groups excluding carboxylic acids is 1. The largest absolute Gasteiger partial charge is 0.416 e. The molecular formula is C8H11NO2. The molecule has 0 heterocycles. The van der Waals surface area contributed by atoms with E-state index in [1.54, 1.807) is 6.07 Å². The lowest BCUT2D eigenvalue weighted by Crippen LogP contribution is -2.01. The van der Waals surface area contributed by atoms with E-state index < -0.39 is 0 Å². The van der Waals surface area contributed by atoms with Crippen LogP contribution in [-0.4, -0.2) is 5.97 Å². The van der Waals surface area contributed by atoms with Crippen LogP contribution in [0.15, 0.2) is 12.3 Å². The van der Waals surface area contributed by atoms with Crippen LogP contribution in [0, 0.1) is 11.3 Å². The molecule has 60 valence electrons. The Balaban J connectivity index is 3.54. The molecule has 0 saturated heterocycles. The first kappa shape index (κ1) is 9.70. The van der Waals surface area contributed by atoms with Gasteiger partial charge in [-0.15, -0.1) is 0 Å². The smallest absolute Gasteiger partial charge is 0.311 e. The van der Waals surface area contributed by atoms with Gasteiger partial charge in [-0.3, -0.25) is 4.79 Å². The van der Waals surface area contributed by atoms with Crippen molar-refractivity contribution in [3.8, 4) is 6.07 Å². The third-order valence-corrected chi connectivity index (χ3v) is 1.10. The fourth-order valence-electron chi connectivity index (χ4n) is 0.532. The number of nitrogens with zero attached hydrogens (tertiary/aromatic N) is 1. The van der Waals surface area contributed by atoms with Crippen LogP contribution in [0.25, 0.3) is 0 Å². The highest BCUT2D eigenvalue weighted by Crippen LogP contribution is 1.99. The van der Waals surface area contributed by atoms with Crippen molar-refractivity contribution >= 4 is 5.97 Å². The van der Waals surface area contributed by atoms with Crippen LogP contribution < -0.4 is 0 Å². The average Bonchev–Trinajstić information content (AvgIpc) is 2.00. The molecule has 0 aliphatic heterocycles. The van der Waals surface area contributed by atoms with Crippen LogP contribution >= 0.6 is 0 Å². The normalized spacial score (nSPS) is 8.36. The molecule has 11 heavy (non-hydrogen) atoms. The third kappa shape index (κ3) is 5.16. The Morgan fingerprint density at radius 1 is 1.73 bits per heavy atom. The molecule has 0 bridgehead atoms. The number of nitriles is 1. The van der Waals surface area contributed by atoms with Gasteiger partial charge >= 0.3 is 5.97 Å². The van der Waals surface area contributed by atoms with Gasteiger partial charge in [0.15, 0.2) is 5.76 Å². The number of ether oxygens (including phenoxy) is 1. The van der Waals surface area contributed by atoms with Gasteiger partial charge in [-0.1, -0.05) is 13.3 Å². The average molecular weight is 153 g/mol. The molecule has 0 spiro atoms. The molecule has 0 radical (unpaired) electrons. The van der Waals surface area contributed by atoms with Crippen molar-refractivity contribution in [1.29, 1.82) is 5.26 Å². The summed E-state index contributed by atoms with van der Waals surface area (Å²) in [6.45, 7) is 5.20. The van der Waals surface area contributed by atoms with Gasteiger partial charge < -0.3 is 4.74 Å². The fraction of sp³-hybridized carbons (Fsp3) is 0.500. The molecule has 3 heteroatoms. The maximum Gasteiger partial charge on any atom is 0.311 e. The van der Waals surface area contributed by atoms with Gasteiger partial charge in [-0.25, -0.2) is 0 Å². The summed E-state index contributed by atoms with van der Waals surface area (Å²) < 4.78 is 4.51.